The molecule has 0 bridgehead atoms. The molecule has 0 radical (unpaired) electrons. The lowest BCUT2D eigenvalue weighted by atomic mass is 9.85. The van der Waals surface area contributed by atoms with E-state index in [1.54, 1.807) is 31.2 Å². The van der Waals surface area contributed by atoms with Crippen LogP contribution in [0.4, 0.5) is 0 Å². The van der Waals surface area contributed by atoms with Crippen molar-refractivity contribution in [1.29, 1.82) is 0 Å². The molecule has 2 rings (SSSR count). The average Bonchev–Trinajstić information content (AvgIpc) is 2.32. The maximum absolute atomic E-state index is 11.5. The number of nitrogens with zero attached hydrogens (tertiary/aromatic N) is 1. The SMILES string of the molecule is CN(CC1CCC1)CC(C)(O)c1ccc(S(C)(=O)=O)cc1. The quantitative estimate of drug-likeness (QED) is 0.873. The summed E-state index contributed by atoms with van der Waals surface area (Å²) >= 11 is 0. The van der Waals surface area contributed by atoms with Gasteiger partial charge in [0.2, 0.25) is 0 Å². The fourth-order valence-corrected chi connectivity index (χ4v) is 3.49. The second kappa shape index (κ2) is 6.07. The van der Waals surface area contributed by atoms with Gasteiger partial charge in [0.25, 0.3) is 0 Å². The van der Waals surface area contributed by atoms with E-state index in [9.17, 15) is 13.5 Å². The number of sulfone groups is 1. The highest BCUT2D eigenvalue weighted by molar-refractivity contribution is 7.90. The van der Waals surface area contributed by atoms with Gasteiger partial charge in [0.1, 0.15) is 0 Å². The number of hydrogen-bond acceptors (Lipinski definition) is 4. The van der Waals surface area contributed by atoms with E-state index in [0.29, 0.717) is 6.54 Å². The average molecular weight is 311 g/mol. The van der Waals surface area contributed by atoms with Crippen LogP contribution in [0.15, 0.2) is 29.2 Å². The molecule has 1 aromatic carbocycles. The zero-order chi connectivity index (χ0) is 15.7. The minimum absolute atomic E-state index is 0.282. The van der Waals surface area contributed by atoms with Gasteiger partial charge in [-0.1, -0.05) is 18.6 Å². The number of benzene rings is 1. The van der Waals surface area contributed by atoms with Crippen LogP contribution in [-0.4, -0.2) is 44.8 Å². The molecule has 0 heterocycles. The van der Waals surface area contributed by atoms with Crippen LogP contribution >= 0.6 is 0 Å². The molecule has 21 heavy (non-hydrogen) atoms. The largest absolute Gasteiger partial charge is 0.384 e. The van der Waals surface area contributed by atoms with Crippen LogP contribution < -0.4 is 0 Å². The van der Waals surface area contributed by atoms with Crippen LogP contribution in [0, 0.1) is 5.92 Å². The Kier molecular flexibility index (Phi) is 4.76. The monoisotopic (exact) mass is 311 g/mol. The van der Waals surface area contributed by atoms with Crippen molar-refractivity contribution in [3.63, 3.8) is 0 Å². The lowest BCUT2D eigenvalue weighted by Crippen LogP contribution is -2.40. The highest BCUT2D eigenvalue weighted by Gasteiger charge is 2.27. The normalized spacial score (nSPS) is 19.3. The van der Waals surface area contributed by atoms with E-state index in [1.807, 2.05) is 7.05 Å². The van der Waals surface area contributed by atoms with Gasteiger partial charge in [0.05, 0.1) is 10.5 Å². The van der Waals surface area contributed by atoms with Crippen LogP contribution in [0.5, 0.6) is 0 Å². The molecule has 118 valence electrons. The Hall–Kier alpha value is -0.910. The maximum Gasteiger partial charge on any atom is 0.175 e. The van der Waals surface area contributed by atoms with Crippen molar-refractivity contribution in [3.05, 3.63) is 29.8 Å². The summed E-state index contributed by atoms with van der Waals surface area (Å²) in [7, 11) is -1.17. The summed E-state index contributed by atoms with van der Waals surface area (Å²) in [4.78, 5) is 2.44. The smallest absolute Gasteiger partial charge is 0.175 e. The molecule has 1 saturated carbocycles. The molecule has 1 N–H and O–H groups in total. The summed E-state index contributed by atoms with van der Waals surface area (Å²) < 4.78 is 22.9. The topological polar surface area (TPSA) is 57.6 Å². The molecule has 1 aromatic rings. The molecule has 0 spiro atoms. The predicted molar refractivity (Wildman–Crippen MR) is 84.0 cm³/mol. The van der Waals surface area contributed by atoms with E-state index in [4.69, 9.17) is 0 Å². The first-order chi connectivity index (χ1) is 9.68. The molecule has 1 atom stereocenters. The lowest BCUT2D eigenvalue weighted by Gasteiger charge is -2.34. The Bertz CT molecular complexity index is 574. The fraction of sp³-hybridized carbons (Fsp3) is 0.625. The summed E-state index contributed by atoms with van der Waals surface area (Å²) in [6.07, 6.45) is 5.08. The van der Waals surface area contributed by atoms with Crippen molar-refractivity contribution in [3.8, 4) is 0 Å². The second-order valence-corrected chi connectivity index (χ2v) is 8.58. The van der Waals surface area contributed by atoms with E-state index < -0.39 is 15.4 Å². The molecule has 0 saturated heterocycles. The number of likely N-dealkylation sites (N-methyl/N-ethyl adjacent to an activating group) is 1. The fourth-order valence-electron chi connectivity index (χ4n) is 2.86. The third-order valence-electron chi connectivity index (χ3n) is 4.28. The van der Waals surface area contributed by atoms with Gasteiger partial charge in [-0.3, -0.25) is 0 Å². The Morgan fingerprint density at radius 1 is 1.29 bits per heavy atom. The molecule has 1 fully saturated rings. The molecular weight excluding hydrogens is 286 g/mol. The van der Waals surface area contributed by atoms with Crippen LogP contribution in [0.1, 0.15) is 31.7 Å². The highest BCUT2D eigenvalue weighted by atomic mass is 32.2. The first-order valence-electron chi connectivity index (χ1n) is 7.40. The predicted octanol–water partition coefficient (Wildman–Crippen LogP) is 2.03. The van der Waals surface area contributed by atoms with Crippen LogP contribution in [0.2, 0.25) is 0 Å². The molecular formula is C16H25NO3S. The van der Waals surface area contributed by atoms with Gasteiger partial charge in [-0.2, -0.15) is 0 Å². The summed E-state index contributed by atoms with van der Waals surface area (Å²) in [6.45, 7) is 3.33. The Balaban J connectivity index is 2.03. The van der Waals surface area contributed by atoms with Crippen LogP contribution in [0.3, 0.4) is 0 Å². The van der Waals surface area contributed by atoms with Gasteiger partial charge in [-0.05, 0) is 50.4 Å². The van der Waals surface area contributed by atoms with E-state index in [2.05, 4.69) is 4.90 Å². The molecule has 0 amide bonds. The third-order valence-corrected chi connectivity index (χ3v) is 5.41. The third kappa shape index (κ3) is 4.28. The molecule has 0 aromatic heterocycles. The van der Waals surface area contributed by atoms with Gasteiger partial charge >= 0.3 is 0 Å². The van der Waals surface area contributed by atoms with E-state index >= 15 is 0 Å². The number of aliphatic hydroxyl groups is 1. The summed E-state index contributed by atoms with van der Waals surface area (Å²) in [5, 5.41) is 10.7. The number of rotatable bonds is 6. The molecule has 1 unspecified atom stereocenters. The maximum atomic E-state index is 11.5. The van der Waals surface area contributed by atoms with Crippen molar-refractivity contribution >= 4 is 9.84 Å². The van der Waals surface area contributed by atoms with Gasteiger partial charge in [0, 0.05) is 19.3 Å². The summed E-state index contributed by atoms with van der Waals surface area (Å²) in [5.41, 5.74) is -0.232. The second-order valence-electron chi connectivity index (χ2n) is 6.56. The summed E-state index contributed by atoms with van der Waals surface area (Å²) in [6, 6.07) is 6.53. The lowest BCUT2D eigenvalue weighted by molar-refractivity contribution is 0.0159. The van der Waals surface area contributed by atoms with Gasteiger partial charge in [-0.25, -0.2) is 8.42 Å². The van der Waals surface area contributed by atoms with Crippen molar-refractivity contribution < 1.29 is 13.5 Å². The van der Waals surface area contributed by atoms with Gasteiger partial charge in [0.15, 0.2) is 9.84 Å². The number of hydrogen-bond donors (Lipinski definition) is 1. The minimum Gasteiger partial charge on any atom is -0.384 e. The van der Waals surface area contributed by atoms with Crippen molar-refractivity contribution in [2.75, 3.05) is 26.4 Å². The van der Waals surface area contributed by atoms with Crippen LogP contribution in [-0.2, 0) is 15.4 Å². The Morgan fingerprint density at radius 3 is 2.29 bits per heavy atom. The van der Waals surface area contributed by atoms with E-state index in [0.717, 1.165) is 18.0 Å². The van der Waals surface area contributed by atoms with Crippen molar-refractivity contribution in [2.45, 2.75) is 36.7 Å². The molecule has 0 aliphatic heterocycles. The standard InChI is InChI=1S/C16H25NO3S/c1-16(18,12-17(2)11-13-5-4-6-13)14-7-9-15(10-8-14)21(3,19)20/h7-10,13,18H,4-6,11-12H2,1-3H3. The molecule has 1 aliphatic rings. The van der Waals surface area contributed by atoms with Gasteiger partial charge in [-0.15, -0.1) is 0 Å². The molecule has 4 nitrogen and oxygen atoms in total. The minimum atomic E-state index is -3.19. The summed E-state index contributed by atoms with van der Waals surface area (Å²) in [5.74, 6) is 0.762. The van der Waals surface area contributed by atoms with Crippen molar-refractivity contribution in [2.24, 2.45) is 5.92 Å². The zero-order valence-corrected chi connectivity index (χ0v) is 13.9. The van der Waals surface area contributed by atoms with E-state index in [-0.39, 0.29) is 4.90 Å². The molecule has 1 aliphatic carbocycles. The van der Waals surface area contributed by atoms with Gasteiger partial charge < -0.3 is 10.0 Å². The highest BCUT2D eigenvalue weighted by Crippen LogP contribution is 2.28. The van der Waals surface area contributed by atoms with Crippen LogP contribution in [0.25, 0.3) is 0 Å². The Labute approximate surface area is 127 Å². The Morgan fingerprint density at radius 2 is 1.86 bits per heavy atom. The molecule has 5 heteroatoms. The zero-order valence-electron chi connectivity index (χ0n) is 13.0. The first kappa shape index (κ1) is 16.5. The first-order valence-corrected chi connectivity index (χ1v) is 9.29. The van der Waals surface area contributed by atoms with Crippen molar-refractivity contribution in [1.82, 2.24) is 4.90 Å². The van der Waals surface area contributed by atoms with E-state index in [1.165, 1.54) is 25.5 Å².